The molecule has 3 nitrogen and oxygen atoms in total. The van der Waals surface area contributed by atoms with Crippen molar-refractivity contribution in [2.24, 2.45) is 0 Å². The number of carbonyl (C=O) groups excluding carboxylic acids is 1. The average molecular weight is 317 g/mol. The summed E-state index contributed by atoms with van der Waals surface area (Å²) in [5.74, 6) is 0.182. The maximum absolute atomic E-state index is 12.3. The highest BCUT2D eigenvalue weighted by molar-refractivity contribution is 7.14. The van der Waals surface area contributed by atoms with Gasteiger partial charge in [-0.15, -0.1) is 11.3 Å². The molecule has 0 aliphatic heterocycles. The smallest absolute Gasteiger partial charge is 0.342 e. The molecular weight excluding hydrogens is 294 g/mol. The van der Waals surface area contributed by atoms with Crippen LogP contribution in [0.25, 0.3) is 11.1 Å². The van der Waals surface area contributed by atoms with Gasteiger partial charge in [-0.05, 0) is 37.3 Å². The fraction of sp³-hybridized carbons (Fsp3) is 0.389. The zero-order valence-corrected chi connectivity index (χ0v) is 14.4. The van der Waals surface area contributed by atoms with E-state index in [9.17, 15) is 4.79 Å². The number of carbonyl (C=O) groups is 1. The van der Waals surface area contributed by atoms with Crippen LogP contribution in [0.3, 0.4) is 0 Å². The summed E-state index contributed by atoms with van der Waals surface area (Å²) in [6.07, 6.45) is 0.948. The minimum Gasteiger partial charge on any atom is -0.459 e. The predicted molar refractivity (Wildman–Crippen MR) is 93.4 cm³/mol. The van der Waals surface area contributed by atoms with Gasteiger partial charge in [0.15, 0.2) is 0 Å². The van der Waals surface area contributed by atoms with E-state index in [1.165, 1.54) is 16.9 Å². The second-order valence-electron chi connectivity index (χ2n) is 5.77. The Labute approximate surface area is 136 Å². The van der Waals surface area contributed by atoms with Crippen LogP contribution >= 0.6 is 11.3 Å². The lowest BCUT2D eigenvalue weighted by atomic mass is 9.95. The zero-order chi connectivity index (χ0) is 16.3. The Morgan fingerprint density at radius 3 is 2.41 bits per heavy atom. The van der Waals surface area contributed by atoms with Crippen molar-refractivity contribution in [2.75, 3.05) is 5.73 Å². The first kappa shape index (κ1) is 16.6. The van der Waals surface area contributed by atoms with Crippen LogP contribution in [0.4, 0.5) is 5.00 Å². The molecule has 0 amide bonds. The fourth-order valence-electron chi connectivity index (χ4n) is 2.30. The first-order valence-corrected chi connectivity index (χ1v) is 8.50. The Hall–Kier alpha value is -1.81. The van der Waals surface area contributed by atoms with Crippen molar-refractivity contribution in [3.8, 4) is 11.1 Å². The summed E-state index contributed by atoms with van der Waals surface area (Å²) in [5, 5.41) is 2.43. The van der Waals surface area contributed by atoms with E-state index >= 15 is 0 Å². The highest BCUT2D eigenvalue weighted by atomic mass is 32.1. The molecule has 1 heterocycles. The van der Waals surface area contributed by atoms with E-state index in [1.54, 1.807) is 0 Å². The molecule has 2 aromatic rings. The van der Waals surface area contributed by atoms with Crippen LogP contribution in [0.2, 0.25) is 0 Å². The number of anilines is 1. The molecule has 0 aliphatic carbocycles. The van der Waals surface area contributed by atoms with Crippen molar-refractivity contribution in [3.05, 3.63) is 40.8 Å². The van der Waals surface area contributed by atoms with Gasteiger partial charge in [0, 0.05) is 10.9 Å². The van der Waals surface area contributed by atoms with Crippen molar-refractivity contribution in [1.29, 1.82) is 0 Å². The average Bonchev–Trinajstić information content (AvgIpc) is 2.87. The third-order valence-corrected chi connectivity index (χ3v) is 4.58. The number of ether oxygens (including phenoxy) is 1. The van der Waals surface area contributed by atoms with Gasteiger partial charge in [-0.3, -0.25) is 0 Å². The van der Waals surface area contributed by atoms with E-state index in [0.717, 1.165) is 17.5 Å². The monoisotopic (exact) mass is 317 g/mol. The SMILES string of the molecule is CC[C@@H](C)c1ccc(-c2csc(N)c2C(=O)OC(C)C)cc1. The minimum absolute atomic E-state index is 0.160. The lowest BCUT2D eigenvalue weighted by Gasteiger charge is -2.11. The molecule has 22 heavy (non-hydrogen) atoms. The number of thiophene rings is 1. The van der Waals surface area contributed by atoms with Gasteiger partial charge in [0.05, 0.1) is 6.10 Å². The predicted octanol–water partition coefficient (Wildman–Crippen LogP) is 5.08. The Balaban J connectivity index is 2.35. The first-order chi connectivity index (χ1) is 10.4. The molecule has 0 aliphatic rings. The highest BCUT2D eigenvalue weighted by Gasteiger charge is 2.21. The molecule has 0 bridgehead atoms. The number of nitrogens with two attached hydrogens (primary N) is 1. The van der Waals surface area contributed by atoms with Crippen LogP contribution < -0.4 is 5.73 Å². The van der Waals surface area contributed by atoms with E-state index in [0.29, 0.717) is 16.5 Å². The van der Waals surface area contributed by atoms with Crippen molar-refractivity contribution < 1.29 is 9.53 Å². The second-order valence-corrected chi connectivity index (χ2v) is 6.69. The lowest BCUT2D eigenvalue weighted by molar-refractivity contribution is 0.0380. The molecule has 2 N–H and O–H groups in total. The standard InChI is InChI=1S/C18H23NO2S/c1-5-12(4)13-6-8-14(9-7-13)15-10-22-17(19)16(15)18(20)21-11(2)3/h6-12H,5,19H2,1-4H3/t12-/m1/s1. The van der Waals surface area contributed by atoms with Crippen molar-refractivity contribution >= 4 is 22.3 Å². The van der Waals surface area contributed by atoms with Crippen LogP contribution in [-0.4, -0.2) is 12.1 Å². The van der Waals surface area contributed by atoms with E-state index in [1.807, 2.05) is 19.2 Å². The summed E-state index contributed by atoms with van der Waals surface area (Å²) in [5.41, 5.74) is 9.61. The number of hydrogen-bond donors (Lipinski definition) is 1. The Kier molecular flexibility index (Phi) is 5.24. The molecule has 1 atom stereocenters. The molecule has 0 radical (unpaired) electrons. The van der Waals surface area contributed by atoms with Gasteiger partial charge >= 0.3 is 5.97 Å². The Bertz CT molecular complexity index is 644. The number of nitrogen functional groups attached to an aromatic ring is 1. The Morgan fingerprint density at radius 2 is 1.86 bits per heavy atom. The quantitative estimate of drug-likeness (QED) is 0.783. The van der Waals surface area contributed by atoms with Gasteiger partial charge < -0.3 is 10.5 Å². The maximum Gasteiger partial charge on any atom is 0.342 e. The normalized spacial score (nSPS) is 12.4. The number of hydrogen-bond acceptors (Lipinski definition) is 4. The molecule has 2 rings (SSSR count). The van der Waals surface area contributed by atoms with Crippen LogP contribution in [-0.2, 0) is 4.74 Å². The molecule has 0 unspecified atom stereocenters. The largest absolute Gasteiger partial charge is 0.459 e. The topological polar surface area (TPSA) is 52.3 Å². The summed E-state index contributed by atoms with van der Waals surface area (Å²) >= 11 is 1.37. The van der Waals surface area contributed by atoms with Gasteiger partial charge in [0.1, 0.15) is 10.6 Å². The van der Waals surface area contributed by atoms with Gasteiger partial charge in [-0.2, -0.15) is 0 Å². The Morgan fingerprint density at radius 1 is 1.23 bits per heavy atom. The first-order valence-electron chi connectivity index (χ1n) is 7.62. The molecule has 1 aromatic heterocycles. The van der Waals surface area contributed by atoms with E-state index in [2.05, 4.69) is 38.1 Å². The third kappa shape index (κ3) is 3.50. The van der Waals surface area contributed by atoms with Gasteiger partial charge in [-0.1, -0.05) is 38.1 Å². The summed E-state index contributed by atoms with van der Waals surface area (Å²) in [6, 6.07) is 8.34. The molecular formula is C18H23NO2S. The lowest BCUT2D eigenvalue weighted by Crippen LogP contribution is -2.13. The molecule has 4 heteroatoms. The summed E-state index contributed by atoms with van der Waals surface area (Å²) in [6.45, 7) is 8.06. The number of esters is 1. The van der Waals surface area contributed by atoms with Gasteiger partial charge in [0.2, 0.25) is 0 Å². The van der Waals surface area contributed by atoms with Crippen LogP contribution in [0.5, 0.6) is 0 Å². The molecule has 1 aromatic carbocycles. The molecule has 118 valence electrons. The fourth-order valence-corrected chi connectivity index (χ4v) is 3.11. The third-order valence-electron chi connectivity index (χ3n) is 3.77. The minimum atomic E-state index is -0.352. The van der Waals surface area contributed by atoms with E-state index < -0.39 is 0 Å². The molecule has 0 fully saturated rings. The highest BCUT2D eigenvalue weighted by Crippen LogP contribution is 2.35. The summed E-state index contributed by atoms with van der Waals surface area (Å²) < 4.78 is 5.30. The van der Waals surface area contributed by atoms with Crippen LogP contribution in [0, 0.1) is 0 Å². The van der Waals surface area contributed by atoms with E-state index in [-0.39, 0.29) is 12.1 Å². The molecule has 0 spiro atoms. The maximum atomic E-state index is 12.3. The molecule has 0 saturated heterocycles. The second kappa shape index (κ2) is 6.97. The van der Waals surface area contributed by atoms with Gasteiger partial charge in [-0.25, -0.2) is 4.79 Å². The van der Waals surface area contributed by atoms with Crippen molar-refractivity contribution in [2.45, 2.75) is 46.1 Å². The zero-order valence-electron chi connectivity index (χ0n) is 13.6. The summed E-state index contributed by atoms with van der Waals surface area (Å²) in [7, 11) is 0. The number of benzene rings is 1. The van der Waals surface area contributed by atoms with Crippen LogP contribution in [0.1, 0.15) is 56.0 Å². The van der Waals surface area contributed by atoms with Crippen molar-refractivity contribution in [3.63, 3.8) is 0 Å². The molecule has 0 saturated carbocycles. The van der Waals surface area contributed by atoms with Crippen LogP contribution in [0.15, 0.2) is 29.6 Å². The summed E-state index contributed by atoms with van der Waals surface area (Å²) in [4.78, 5) is 12.3. The van der Waals surface area contributed by atoms with E-state index in [4.69, 9.17) is 10.5 Å². The number of rotatable bonds is 5. The van der Waals surface area contributed by atoms with Crippen molar-refractivity contribution in [1.82, 2.24) is 0 Å². The van der Waals surface area contributed by atoms with Gasteiger partial charge in [0.25, 0.3) is 0 Å².